The lowest BCUT2D eigenvalue weighted by Crippen LogP contribution is -2.17. The maximum absolute atomic E-state index is 10.8. The molecule has 0 atom stereocenters. The molecule has 0 fully saturated rings. The number of nitrogens with one attached hydrogen (secondary N) is 1. The minimum atomic E-state index is 0.273. The summed E-state index contributed by atoms with van der Waals surface area (Å²) in [7, 11) is 0. The number of ketones is 1. The monoisotopic (exact) mass is 187 g/mol. The van der Waals surface area contributed by atoms with Crippen LogP contribution in [-0.4, -0.2) is 32.0 Å². The van der Waals surface area contributed by atoms with Crippen molar-refractivity contribution in [3.63, 3.8) is 0 Å². The molecular weight excluding hydrogens is 170 g/mol. The number of hydrogen-bond donors (Lipinski definition) is 1. The van der Waals surface area contributed by atoms with Gasteiger partial charge in [0.05, 0.1) is 6.61 Å². The van der Waals surface area contributed by atoms with Gasteiger partial charge in [-0.2, -0.15) is 0 Å². The zero-order valence-electron chi connectivity index (χ0n) is 8.04. The smallest absolute Gasteiger partial charge is 0.207 e. The second kappa shape index (κ2) is 9.19. The lowest BCUT2D eigenvalue weighted by atomic mass is 10.2. The summed E-state index contributed by atoms with van der Waals surface area (Å²) in [5.74, 6) is 0.273. The molecule has 0 aliphatic heterocycles. The number of hydrogen-bond acceptors (Lipinski definition) is 3. The number of carbonyl (C=O) groups excluding carboxylic acids is 2. The Hall–Kier alpha value is -0.900. The predicted molar refractivity (Wildman–Crippen MR) is 49.4 cm³/mol. The molecule has 1 N–H and O–H groups in total. The van der Waals surface area contributed by atoms with E-state index in [4.69, 9.17) is 4.74 Å². The molecule has 0 unspecified atom stereocenters. The van der Waals surface area contributed by atoms with Crippen molar-refractivity contribution < 1.29 is 14.3 Å². The van der Waals surface area contributed by atoms with Crippen LogP contribution in [0.15, 0.2) is 0 Å². The Morgan fingerprint density at radius 2 is 2.23 bits per heavy atom. The molecule has 0 aromatic rings. The summed E-state index contributed by atoms with van der Waals surface area (Å²) in [4.78, 5) is 20.6. The van der Waals surface area contributed by atoms with Gasteiger partial charge in [0.15, 0.2) is 0 Å². The van der Waals surface area contributed by atoms with Crippen molar-refractivity contribution in [3.05, 3.63) is 0 Å². The third-order valence-electron chi connectivity index (χ3n) is 1.61. The van der Waals surface area contributed by atoms with Crippen molar-refractivity contribution >= 4 is 12.2 Å². The minimum absolute atomic E-state index is 0.273. The molecular formula is C9H17NO3. The average Bonchev–Trinajstić information content (AvgIpc) is 2.16. The van der Waals surface area contributed by atoms with Crippen LogP contribution in [0, 0.1) is 0 Å². The van der Waals surface area contributed by atoms with E-state index in [1.165, 1.54) is 0 Å². The fraction of sp³-hybridized carbons (Fsp3) is 0.778. The second-order valence-corrected chi connectivity index (χ2v) is 2.68. The lowest BCUT2D eigenvalue weighted by Gasteiger charge is -2.02. The third kappa shape index (κ3) is 9.01. The van der Waals surface area contributed by atoms with E-state index in [1.54, 1.807) is 0 Å². The van der Waals surface area contributed by atoms with Crippen LogP contribution in [0.25, 0.3) is 0 Å². The molecule has 13 heavy (non-hydrogen) atoms. The minimum Gasteiger partial charge on any atom is -0.380 e. The van der Waals surface area contributed by atoms with Gasteiger partial charge in [-0.25, -0.2) is 0 Å². The van der Waals surface area contributed by atoms with Crippen LogP contribution in [0.5, 0.6) is 0 Å². The van der Waals surface area contributed by atoms with E-state index in [9.17, 15) is 9.59 Å². The van der Waals surface area contributed by atoms with Gasteiger partial charge in [-0.3, -0.25) is 9.59 Å². The summed E-state index contributed by atoms with van der Waals surface area (Å²) in [6, 6.07) is 0. The Morgan fingerprint density at radius 3 is 2.85 bits per heavy atom. The number of rotatable bonds is 9. The number of Topliss-reactive ketones (excluding diaryl/α,β-unsaturated/α-hetero) is 1. The Balaban J connectivity index is 2.99. The summed E-state index contributed by atoms with van der Waals surface area (Å²) in [6.07, 6.45) is 2.61. The quantitative estimate of drug-likeness (QED) is 0.422. The van der Waals surface area contributed by atoms with Crippen LogP contribution in [0.3, 0.4) is 0 Å². The van der Waals surface area contributed by atoms with Gasteiger partial charge in [-0.15, -0.1) is 0 Å². The molecule has 0 heterocycles. The summed E-state index contributed by atoms with van der Waals surface area (Å²) in [5.41, 5.74) is 0. The van der Waals surface area contributed by atoms with Gasteiger partial charge in [0.25, 0.3) is 0 Å². The largest absolute Gasteiger partial charge is 0.380 e. The van der Waals surface area contributed by atoms with E-state index < -0.39 is 0 Å². The van der Waals surface area contributed by atoms with E-state index in [0.29, 0.717) is 39.0 Å². The van der Waals surface area contributed by atoms with E-state index in [2.05, 4.69) is 5.32 Å². The molecule has 0 radical (unpaired) electrons. The van der Waals surface area contributed by atoms with Crippen molar-refractivity contribution in [1.82, 2.24) is 5.32 Å². The first kappa shape index (κ1) is 12.1. The summed E-state index contributed by atoms with van der Waals surface area (Å²) >= 11 is 0. The van der Waals surface area contributed by atoms with Crippen LogP contribution in [0.4, 0.5) is 0 Å². The molecule has 0 bridgehead atoms. The van der Waals surface area contributed by atoms with Crippen molar-refractivity contribution in [3.8, 4) is 0 Å². The zero-order valence-corrected chi connectivity index (χ0v) is 8.04. The van der Waals surface area contributed by atoms with Gasteiger partial charge in [0.2, 0.25) is 6.41 Å². The van der Waals surface area contributed by atoms with Gasteiger partial charge in [-0.05, 0) is 6.42 Å². The molecule has 76 valence electrons. The normalized spacial score (nSPS) is 9.62. The van der Waals surface area contributed by atoms with Crippen molar-refractivity contribution in [1.29, 1.82) is 0 Å². The highest BCUT2D eigenvalue weighted by Gasteiger charge is 1.96. The van der Waals surface area contributed by atoms with Gasteiger partial charge < -0.3 is 10.1 Å². The third-order valence-corrected chi connectivity index (χ3v) is 1.61. The van der Waals surface area contributed by atoms with Crippen LogP contribution in [0.1, 0.15) is 26.2 Å². The van der Waals surface area contributed by atoms with Gasteiger partial charge >= 0.3 is 0 Å². The fourth-order valence-corrected chi connectivity index (χ4v) is 0.840. The molecule has 4 nitrogen and oxygen atoms in total. The molecule has 0 saturated heterocycles. The van der Waals surface area contributed by atoms with Crippen molar-refractivity contribution in [2.75, 3.05) is 19.8 Å². The first-order chi connectivity index (χ1) is 6.31. The van der Waals surface area contributed by atoms with Gasteiger partial charge in [0.1, 0.15) is 5.78 Å². The molecule has 4 heteroatoms. The first-order valence-corrected chi connectivity index (χ1v) is 4.57. The molecule has 0 aliphatic carbocycles. The standard InChI is InChI=1S/C9H17NO3/c1-2-9(12)4-3-6-13-7-5-10-8-11/h8H,2-7H2,1H3,(H,10,11). The Kier molecular flexibility index (Phi) is 8.55. The maximum atomic E-state index is 10.8. The maximum Gasteiger partial charge on any atom is 0.207 e. The molecule has 0 saturated carbocycles. The highest BCUT2D eigenvalue weighted by molar-refractivity contribution is 5.77. The van der Waals surface area contributed by atoms with E-state index in [1.807, 2.05) is 6.92 Å². The van der Waals surface area contributed by atoms with Crippen LogP contribution < -0.4 is 5.32 Å². The molecule has 0 spiro atoms. The van der Waals surface area contributed by atoms with Crippen molar-refractivity contribution in [2.45, 2.75) is 26.2 Å². The summed E-state index contributed by atoms with van der Waals surface area (Å²) < 4.78 is 5.16. The highest BCUT2D eigenvalue weighted by Crippen LogP contribution is 1.94. The van der Waals surface area contributed by atoms with Crippen LogP contribution >= 0.6 is 0 Å². The van der Waals surface area contributed by atoms with Gasteiger partial charge in [-0.1, -0.05) is 6.92 Å². The number of amides is 1. The molecule has 0 aromatic carbocycles. The van der Waals surface area contributed by atoms with Crippen molar-refractivity contribution in [2.24, 2.45) is 0 Å². The SMILES string of the molecule is CCC(=O)CCCOCCNC=O. The molecule has 0 aromatic heterocycles. The van der Waals surface area contributed by atoms with Crippen LogP contribution in [0.2, 0.25) is 0 Å². The molecule has 1 amide bonds. The predicted octanol–water partition coefficient (Wildman–Crippen LogP) is 0.508. The Labute approximate surface area is 78.6 Å². The highest BCUT2D eigenvalue weighted by atomic mass is 16.5. The van der Waals surface area contributed by atoms with E-state index in [0.717, 1.165) is 6.42 Å². The fourth-order valence-electron chi connectivity index (χ4n) is 0.840. The van der Waals surface area contributed by atoms with E-state index in [-0.39, 0.29) is 5.78 Å². The second-order valence-electron chi connectivity index (χ2n) is 2.68. The van der Waals surface area contributed by atoms with E-state index >= 15 is 0 Å². The van der Waals surface area contributed by atoms with Gasteiger partial charge in [0, 0.05) is 26.0 Å². The summed E-state index contributed by atoms with van der Waals surface area (Å²) in [5, 5.41) is 2.49. The lowest BCUT2D eigenvalue weighted by molar-refractivity contribution is -0.119. The Morgan fingerprint density at radius 1 is 1.46 bits per heavy atom. The number of carbonyl (C=O) groups is 2. The number of ether oxygens (including phenoxy) is 1. The topological polar surface area (TPSA) is 55.4 Å². The summed E-state index contributed by atoms with van der Waals surface area (Å²) in [6.45, 7) is 3.49. The Bertz CT molecular complexity index is 148. The van der Waals surface area contributed by atoms with Crippen LogP contribution in [-0.2, 0) is 14.3 Å². The molecule has 0 rings (SSSR count). The average molecular weight is 187 g/mol. The molecule has 0 aliphatic rings. The first-order valence-electron chi connectivity index (χ1n) is 4.57. The zero-order chi connectivity index (χ0) is 9.94.